The molecule has 1 aliphatic heterocycles. The van der Waals surface area contributed by atoms with E-state index in [4.69, 9.17) is 4.43 Å². The van der Waals surface area contributed by atoms with Gasteiger partial charge >= 0.3 is 6.18 Å². The van der Waals surface area contributed by atoms with Crippen LogP contribution in [0.25, 0.3) is 0 Å². The molecule has 0 aliphatic carbocycles. The molecule has 0 spiro atoms. The average Bonchev–Trinajstić information content (AvgIpc) is 2.11. The first-order valence-corrected chi connectivity index (χ1v) is 16.9. The quantitative estimate of drug-likeness (QED) is 0.697. The van der Waals surface area contributed by atoms with Gasteiger partial charge in [-0.3, -0.25) is 0 Å². The zero-order valence-corrected chi connectivity index (χ0v) is 14.4. The van der Waals surface area contributed by atoms with Crippen LogP contribution in [0.3, 0.4) is 0 Å². The van der Waals surface area contributed by atoms with E-state index in [9.17, 15) is 13.2 Å². The maximum absolute atomic E-state index is 12.4. The lowest BCUT2D eigenvalue weighted by atomic mass is 10.5. The third-order valence-corrected chi connectivity index (χ3v) is 45.6. The van der Waals surface area contributed by atoms with Crippen molar-refractivity contribution in [1.82, 2.24) is 0 Å². The van der Waals surface area contributed by atoms with Gasteiger partial charge in [-0.1, -0.05) is 25.7 Å². The van der Waals surface area contributed by atoms with Gasteiger partial charge in [-0.25, -0.2) is 0 Å². The molecule has 1 fully saturated rings. The number of halogens is 3. The van der Waals surface area contributed by atoms with Crippen LogP contribution in [0.5, 0.6) is 0 Å². The summed E-state index contributed by atoms with van der Waals surface area (Å²) in [5.41, 5.74) is 0. The minimum atomic E-state index is -4.00. The summed E-state index contributed by atoms with van der Waals surface area (Å²) < 4.78 is 43.3. The number of alkyl halides is 3. The Labute approximate surface area is 104 Å². The first kappa shape index (κ1) is 15.5. The minimum absolute atomic E-state index is 0.412. The first-order valence-electron chi connectivity index (χ1n) is 6.12. The van der Waals surface area contributed by atoms with Crippen molar-refractivity contribution in [3.05, 3.63) is 0 Å². The molecule has 1 heterocycles. The van der Waals surface area contributed by atoms with Crippen LogP contribution in [0.4, 0.5) is 13.2 Å². The smallest absolute Gasteiger partial charge is 0.388 e. The standard InChI is InChI=1S/C10H23F3OSi3/c1-15(2)14-7-9-17(5,16(15,3)4)8-6-10(11,12)13/h6-9H2,1-5H3. The zero-order valence-electron chi connectivity index (χ0n) is 11.4. The number of hydrogen-bond acceptors (Lipinski definition) is 1. The van der Waals surface area contributed by atoms with E-state index in [1.807, 2.05) is 0 Å². The molecule has 1 nitrogen and oxygen atoms in total. The Morgan fingerprint density at radius 1 is 1.06 bits per heavy atom. The van der Waals surface area contributed by atoms with E-state index >= 15 is 0 Å². The molecule has 102 valence electrons. The summed E-state index contributed by atoms with van der Waals surface area (Å²) in [7, 11) is -5.09. The van der Waals surface area contributed by atoms with Gasteiger partial charge in [0, 0.05) is 20.6 Å². The van der Waals surface area contributed by atoms with Crippen LogP contribution in [0, 0.1) is 0 Å². The largest absolute Gasteiger partial charge is 0.421 e. The molecule has 1 saturated heterocycles. The van der Waals surface area contributed by atoms with Gasteiger partial charge in [-0.05, 0) is 19.1 Å². The first-order chi connectivity index (χ1) is 7.41. The summed E-state index contributed by atoms with van der Waals surface area (Å²) in [5.74, 6) is 0. The molecule has 0 N–H and O–H groups in total. The maximum atomic E-state index is 12.4. The van der Waals surface area contributed by atoms with Crippen molar-refractivity contribution in [1.29, 1.82) is 0 Å². The van der Waals surface area contributed by atoms with E-state index in [1.54, 1.807) is 0 Å². The molecule has 0 amide bonds. The van der Waals surface area contributed by atoms with Crippen molar-refractivity contribution in [2.75, 3.05) is 6.61 Å². The summed E-state index contributed by atoms with van der Waals surface area (Å²) in [6, 6.07) is 1.34. The lowest BCUT2D eigenvalue weighted by Crippen LogP contribution is -2.75. The molecule has 0 aromatic heterocycles. The van der Waals surface area contributed by atoms with Gasteiger partial charge < -0.3 is 4.43 Å². The highest BCUT2D eigenvalue weighted by Gasteiger charge is 2.58. The Bertz CT molecular complexity index is 291. The molecule has 1 unspecified atom stereocenters. The molecule has 1 rings (SSSR count). The van der Waals surface area contributed by atoms with Gasteiger partial charge in [-0.2, -0.15) is 13.2 Å². The molecule has 0 aromatic carbocycles. The van der Waals surface area contributed by atoms with Crippen molar-refractivity contribution >= 4 is 22.5 Å². The summed E-state index contributed by atoms with van der Waals surface area (Å²) in [4.78, 5) is 0. The van der Waals surface area contributed by atoms with Crippen molar-refractivity contribution in [2.24, 2.45) is 0 Å². The highest BCUT2D eigenvalue weighted by molar-refractivity contribution is 7.67. The molecule has 1 atom stereocenters. The van der Waals surface area contributed by atoms with Crippen molar-refractivity contribution in [3.8, 4) is 0 Å². The van der Waals surface area contributed by atoms with E-state index in [2.05, 4.69) is 32.7 Å². The molecule has 0 saturated carbocycles. The number of hydrogen-bond donors (Lipinski definition) is 0. The monoisotopic (exact) mass is 300 g/mol. The Morgan fingerprint density at radius 2 is 1.59 bits per heavy atom. The van der Waals surface area contributed by atoms with E-state index in [0.717, 1.165) is 6.04 Å². The highest BCUT2D eigenvalue weighted by atomic mass is 29.6. The molecular weight excluding hydrogens is 277 g/mol. The second-order valence-electron chi connectivity index (χ2n) is 6.41. The summed E-state index contributed by atoms with van der Waals surface area (Å²) >= 11 is 0. The van der Waals surface area contributed by atoms with Gasteiger partial charge in [0.1, 0.15) is 0 Å². The van der Waals surface area contributed by atoms with E-state index in [0.29, 0.717) is 12.7 Å². The second-order valence-corrected chi connectivity index (χ2v) is 33.3. The minimum Gasteiger partial charge on any atom is -0.421 e. The molecule has 0 bridgehead atoms. The molecule has 0 radical (unpaired) electrons. The van der Waals surface area contributed by atoms with E-state index in [1.165, 1.54) is 0 Å². The summed E-state index contributed by atoms with van der Waals surface area (Å²) in [5, 5.41) is 0. The van der Waals surface area contributed by atoms with E-state index in [-0.39, 0.29) is 0 Å². The molecule has 17 heavy (non-hydrogen) atoms. The van der Waals surface area contributed by atoms with Crippen molar-refractivity contribution in [3.63, 3.8) is 0 Å². The van der Waals surface area contributed by atoms with Gasteiger partial charge in [0.25, 0.3) is 0 Å². The fraction of sp³-hybridized carbons (Fsp3) is 1.00. The summed E-state index contributed by atoms with van der Waals surface area (Å²) in [6.07, 6.45) is -4.58. The third-order valence-electron chi connectivity index (χ3n) is 5.09. The van der Waals surface area contributed by atoms with Gasteiger partial charge in [0.15, 0.2) is 7.83 Å². The van der Waals surface area contributed by atoms with Crippen LogP contribution in [0.15, 0.2) is 0 Å². The maximum Gasteiger partial charge on any atom is 0.388 e. The highest BCUT2D eigenvalue weighted by Crippen LogP contribution is 2.41. The fourth-order valence-electron chi connectivity index (χ4n) is 2.61. The average molecular weight is 301 g/mol. The summed E-state index contributed by atoms with van der Waals surface area (Å²) in [6.45, 7) is 11.9. The van der Waals surface area contributed by atoms with Crippen molar-refractivity contribution < 1.29 is 17.6 Å². The molecular formula is C10H23F3OSi3. The van der Waals surface area contributed by atoms with Crippen LogP contribution >= 0.6 is 0 Å². The molecule has 0 aromatic rings. The van der Waals surface area contributed by atoms with Gasteiger partial charge in [0.05, 0.1) is 7.11 Å². The van der Waals surface area contributed by atoms with Gasteiger partial charge in [0.2, 0.25) is 0 Å². The van der Waals surface area contributed by atoms with Crippen molar-refractivity contribution in [2.45, 2.75) is 57.4 Å². The van der Waals surface area contributed by atoms with Crippen LogP contribution in [0.1, 0.15) is 6.42 Å². The molecule has 1 aliphatic rings. The Morgan fingerprint density at radius 3 is 2.06 bits per heavy atom. The lowest BCUT2D eigenvalue weighted by Gasteiger charge is -2.53. The topological polar surface area (TPSA) is 9.23 Å². The number of rotatable bonds is 2. The normalized spacial score (nSPS) is 32.5. The third kappa shape index (κ3) is 3.05. The Kier molecular flexibility index (Phi) is 4.09. The zero-order chi connectivity index (χ0) is 13.5. The van der Waals surface area contributed by atoms with Gasteiger partial charge in [-0.15, -0.1) is 0 Å². The van der Waals surface area contributed by atoms with Crippen LogP contribution in [-0.4, -0.2) is 35.3 Å². The van der Waals surface area contributed by atoms with Crippen LogP contribution < -0.4 is 0 Å². The van der Waals surface area contributed by atoms with Crippen LogP contribution in [0.2, 0.25) is 44.8 Å². The fourth-order valence-corrected chi connectivity index (χ4v) is 34.3. The Balaban J connectivity index is 2.86. The van der Waals surface area contributed by atoms with Crippen LogP contribution in [-0.2, 0) is 4.43 Å². The second kappa shape index (κ2) is 4.50. The lowest BCUT2D eigenvalue weighted by molar-refractivity contribution is -0.130. The Hall–Kier alpha value is 0.401. The molecule has 7 heteroatoms. The predicted octanol–water partition coefficient (Wildman–Crippen LogP) is 4.12. The SMILES string of the molecule is C[Si]1(CCC(F)(F)F)CCO[Si](C)(C)[Si]1(C)C. The predicted molar refractivity (Wildman–Crippen MR) is 72.8 cm³/mol. The van der Waals surface area contributed by atoms with E-state index < -0.39 is 35.1 Å².